The Balaban J connectivity index is 1.69. The Morgan fingerprint density at radius 2 is 1.62 bits per heavy atom. The summed E-state index contributed by atoms with van der Waals surface area (Å²) in [5.41, 5.74) is 3.71. The largest absolute Gasteiger partial charge is 0.332 e. The third-order valence-corrected chi connectivity index (χ3v) is 7.17. The maximum Gasteiger partial charge on any atom is 0.254 e. The van der Waals surface area contributed by atoms with Gasteiger partial charge in [0.15, 0.2) is 0 Å². The van der Waals surface area contributed by atoms with Gasteiger partial charge in [-0.15, -0.1) is 0 Å². The van der Waals surface area contributed by atoms with Crippen molar-refractivity contribution in [2.24, 2.45) is 0 Å². The smallest absolute Gasteiger partial charge is 0.254 e. The van der Waals surface area contributed by atoms with Crippen LogP contribution in [0.2, 0.25) is 0 Å². The number of hydrogen-bond donors (Lipinski definition) is 2. The highest BCUT2D eigenvalue weighted by Crippen LogP contribution is 2.19. The first kappa shape index (κ1) is 25.1. The number of sulfonamides is 1. The molecule has 0 aliphatic rings. The van der Waals surface area contributed by atoms with Gasteiger partial charge in [-0.1, -0.05) is 48.5 Å². The first-order chi connectivity index (χ1) is 16.1. The van der Waals surface area contributed by atoms with Crippen molar-refractivity contribution in [1.29, 1.82) is 0 Å². The van der Waals surface area contributed by atoms with E-state index in [4.69, 9.17) is 0 Å². The summed E-state index contributed by atoms with van der Waals surface area (Å²) in [6, 6.07) is 20.2. The topological polar surface area (TPSA) is 95.6 Å². The SMILES string of the molecule is Cc1cccc(NC(=O)CN(C)C(=O)c2cccc(S(=O)(=O)N[C@@H](C)c3ccccc3)c2)c1C. The van der Waals surface area contributed by atoms with Gasteiger partial charge in [-0.25, -0.2) is 13.1 Å². The summed E-state index contributed by atoms with van der Waals surface area (Å²) in [5, 5.41) is 2.82. The van der Waals surface area contributed by atoms with Gasteiger partial charge in [0, 0.05) is 24.3 Å². The predicted octanol–water partition coefficient (Wildman–Crippen LogP) is 4.05. The van der Waals surface area contributed by atoms with E-state index >= 15 is 0 Å². The van der Waals surface area contributed by atoms with Crippen LogP contribution in [0.5, 0.6) is 0 Å². The number of rotatable bonds is 8. The number of hydrogen-bond acceptors (Lipinski definition) is 4. The zero-order valence-electron chi connectivity index (χ0n) is 19.7. The molecule has 7 nitrogen and oxygen atoms in total. The summed E-state index contributed by atoms with van der Waals surface area (Å²) in [6.45, 7) is 5.45. The van der Waals surface area contributed by atoms with Gasteiger partial charge in [0.25, 0.3) is 5.91 Å². The summed E-state index contributed by atoms with van der Waals surface area (Å²) >= 11 is 0. The fraction of sp³-hybridized carbons (Fsp3) is 0.231. The summed E-state index contributed by atoms with van der Waals surface area (Å²) < 4.78 is 28.4. The highest BCUT2D eigenvalue weighted by Gasteiger charge is 2.21. The number of likely N-dealkylation sites (N-methyl/N-ethyl adjacent to an activating group) is 1. The highest BCUT2D eigenvalue weighted by molar-refractivity contribution is 7.89. The normalized spacial score (nSPS) is 12.1. The van der Waals surface area contributed by atoms with Gasteiger partial charge < -0.3 is 10.2 Å². The van der Waals surface area contributed by atoms with Crippen LogP contribution in [0.15, 0.2) is 77.7 Å². The van der Waals surface area contributed by atoms with Crippen LogP contribution in [-0.2, 0) is 14.8 Å². The first-order valence-electron chi connectivity index (χ1n) is 10.9. The molecule has 2 N–H and O–H groups in total. The molecule has 0 heterocycles. The number of carbonyl (C=O) groups excluding carboxylic acids is 2. The van der Waals surface area contributed by atoms with E-state index < -0.39 is 22.0 Å². The summed E-state index contributed by atoms with van der Waals surface area (Å²) in [4.78, 5) is 26.6. The van der Waals surface area contributed by atoms with Crippen LogP contribution in [0.25, 0.3) is 0 Å². The Hall–Kier alpha value is -3.49. The minimum atomic E-state index is -3.86. The Bertz CT molecular complexity index is 1290. The van der Waals surface area contributed by atoms with Gasteiger partial charge in [-0.2, -0.15) is 0 Å². The molecule has 3 aromatic rings. The quantitative estimate of drug-likeness (QED) is 0.509. The Labute approximate surface area is 200 Å². The van der Waals surface area contributed by atoms with Crippen LogP contribution >= 0.6 is 0 Å². The molecule has 0 bridgehead atoms. The average molecular weight is 480 g/mol. The minimum Gasteiger partial charge on any atom is -0.332 e. The molecule has 178 valence electrons. The summed E-state index contributed by atoms with van der Waals surface area (Å²) in [5.74, 6) is -0.795. The second-order valence-electron chi connectivity index (χ2n) is 8.24. The number of nitrogens with zero attached hydrogens (tertiary/aromatic N) is 1. The molecule has 0 saturated carbocycles. The molecule has 0 radical (unpaired) electrons. The molecule has 0 unspecified atom stereocenters. The fourth-order valence-corrected chi connectivity index (χ4v) is 4.77. The molecule has 0 fully saturated rings. The van der Waals surface area contributed by atoms with Crippen LogP contribution in [0.3, 0.4) is 0 Å². The lowest BCUT2D eigenvalue weighted by Gasteiger charge is -2.19. The number of benzene rings is 3. The molecule has 0 spiro atoms. The maximum absolute atomic E-state index is 12.9. The second-order valence-corrected chi connectivity index (χ2v) is 9.95. The van der Waals surface area contributed by atoms with Gasteiger partial charge in [0.2, 0.25) is 15.9 Å². The van der Waals surface area contributed by atoms with E-state index in [-0.39, 0.29) is 22.9 Å². The molecule has 2 amide bonds. The van der Waals surface area contributed by atoms with Crippen molar-refractivity contribution < 1.29 is 18.0 Å². The van der Waals surface area contributed by atoms with Crippen molar-refractivity contribution >= 4 is 27.5 Å². The number of aryl methyl sites for hydroxylation is 1. The molecular formula is C26H29N3O4S. The lowest BCUT2D eigenvalue weighted by Crippen LogP contribution is -2.35. The number of carbonyl (C=O) groups is 2. The molecule has 8 heteroatoms. The second kappa shape index (κ2) is 10.6. The number of amides is 2. The molecule has 0 aliphatic heterocycles. The van der Waals surface area contributed by atoms with Crippen LogP contribution in [0.1, 0.15) is 40.0 Å². The molecule has 3 aromatic carbocycles. The van der Waals surface area contributed by atoms with Gasteiger partial charge in [0.05, 0.1) is 11.4 Å². The standard InChI is InChI=1S/C26H29N3O4S/c1-18-10-8-15-24(19(18)2)27-25(30)17-29(4)26(31)22-13-9-14-23(16-22)34(32,33)28-20(3)21-11-6-5-7-12-21/h5-16,20,28H,17H2,1-4H3,(H,27,30)/t20-/m0/s1. The lowest BCUT2D eigenvalue weighted by atomic mass is 10.1. The molecule has 0 aliphatic carbocycles. The van der Waals surface area contributed by atoms with E-state index in [2.05, 4.69) is 10.0 Å². The predicted molar refractivity (Wildman–Crippen MR) is 133 cm³/mol. The van der Waals surface area contributed by atoms with Gasteiger partial charge in [0.1, 0.15) is 0 Å². The number of nitrogens with one attached hydrogen (secondary N) is 2. The van der Waals surface area contributed by atoms with E-state index in [1.807, 2.05) is 56.3 Å². The molecule has 1 atom stereocenters. The fourth-order valence-electron chi connectivity index (χ4n) is 3.49. The molecule has 3 rings (SSSR count). The van der Waals surface area contributed by atoms with Gasteiger partial charge in [-0.3, -0.25) is 9.59 Å². The van der Waals surface area contributed by atoms with Crippen LogP contribution in [0, 0.1) is 13.8 Å². The van der Waals surface area contributed by atoms with Crippen molar-refractivity contribution in [2.45, 2.75) is 31.7 Å². The van der Waals surface area contributed by atoms with E-state index in [1.54, 1.807) is 13.0 Å². The van der Waals surface area contributed by atoms with Gasteiger partial charge >= 0.3 is 0 Å². The van der Waals surface area contributed by atoms with Crippen molar-refractivity contribution in [3.8, 4) is 0 Å². The Morgan fingerprint density at radius 1 is 0.941 bits per heavy atom. The Morgan fingerprint density at radius 3 is 2.32 bits per heavy atom. The molecule has 0 aromatic heterocycles. The third-order valence-electron chi connectivity index (χ3n) is 5.63. The molecule has 0 saturated heterocycles. The molecule has 34 heavy (non-hydrogen) atoms. The van der Waals surface area contributed by atoms with Crippen molar-refractivity contribution in [2.75, 3.05) is 18.9 Å². The lowest BCUT2D eigenvalue weighted by molar-refractivity contribution is -0.116. The van der Waals surface area contributed by atoms with E-state index in [1.165, 1.54) is 36.2 Å². The average Bonchev–Trinajstić information content (AvgIpc) is 2.82. The van der Waals surface area contributed by atoms with Crippen LogP contribution in [0.4, 0.5) is 5.69 Å². The van der Waals surface area contributed by atoms with Crippen LogP contribution in [-0.4, -0.2) is 38.7 Å². The van der Waals surface area contributed by atoms with E-state index in [0.717, 1.165) is 16.7 Å². The summed E-state index contributed by atoms with van der Waals surface area (Å²) in [6.07, 6.45) is 0. The van der Waals surface area contributed by atoms with Crippen molar-refractivity contribution in [3.63, 3.8) is 0 Å². The van der Waals surface area contributed by atoms with E-state index in [0.29, 0.717) is 5.69 Å². The maximum atomic E-state index is 12.9. The first-order valence-corrected chi connectivity index (χ1v) is 12.4. The monoisotopic (exact) mass is 479 g/mol. The Kier molecular flexibility index (Phi) is 7.86. The van der Waals surface area contributed by atoms with Crippen molar-refractivity contribution in [3.05, 3.63) is 95.1 Å². The zero-order chi connectivity index (χ0) is 24.9. The summed E-state index contributed by atoms with van der Waals surface area (Å²) in [7, 11) is -2.36. The highest BCUT2D eigenvalue weighted by atomic mass is 32.2. The number of anilines is 1. The van der Waals surface area contributed by atoms with Crippen LogP contribution < -0.4 is 10.0 Å². The zero-order valence-corrected chi connectivity index (χ0v) is 20.5. The van der Waals surface area contributed by atoms with Crippen molar-refractivity contribution in [1.82, 2.24) is 9.62 Å². The minimum absolute atomic E-state index is 0.0191. The third kappa shape index (κ3) is 6.09. The molecular weight excluding hydrogens is 450 g/mol. The van der Waals surface area contributed by atoms with Gasteiger partial charge in [-0.05, 0) is 61.7 Å². The van der Waals surface area contributed by atoms with E-state index in [9.17, 15) is 18.0 Å².